The topological polar surface area (TPSA) is 37.8 Å². The molecule has 4 heteroatoms. The third kappa shape index (κ3) is 1.69. The molecule has 3 unspecified atom stereocenters. The molecule has 0 amide bonds. The number of hydrogen-bond donors (Lipinski definition) is 1. The fraction of sp³-hybridized carbons (Fsp3) is 0.667. The van der Waals surface area contributed by atoms with E-state index in [-0.39, 0.29) is 1.43 Å². The second kappa shape index (κ2) is 3.91. The van der Waals surface area contributed by atoms with Gasteiger partial charge in [0.1, 0.15) is 0 Å². The number of nitrogens with zero attached hydrogens (tertiary/aromatic N) is 2. The summed E-state index contributed by atoms with van der Waals surface area (Å²) >= 11 is 1.68. The van der Waals surface area contributed by atoms with Gasteiger partial charge in [0.2, 0.25) is 5.95 Å². The summed E-state index contributed by atoms with van der Waals surface area (Å²) in [4.78, 5) is 9.82. The molecular weight excluding hydrogens is 218 g/mol. The molecule has 2 aliphatic rings. The zero-order valence-electron chi connectivity index (χ0n) is 9.68. The van der Waals surface area contributed by atoms with Gasteiger partial charge in [0.15, 0.2) is 0 Å². The number of rotatable bonds is 3. The fourth-order valence-corrected chi connectivity index (χ4v) is 3.41. The highest BCUT2D eigenvalue weighted by atomic mass is 32.2. The molecule has 3 rings (SSSR count). The maximum absolute atomic E-state index is 4.35. The monoisotopic (exact) mass is 237 g/mol. The lowest BCUT2D eigenvalue weighted by Gasteiger charge is -2.15. The highest BCUT2D eigenvalue weighted by Gasteiger charge is 2.55. The van der Waals surface area contributed by atoms with Gasteiger partial charge in [0, 0.05) is 24.8 Å². The smallest absolute Gasteiger partial charge is 0.222 e. The molecule has 4 atom stereocenters. The Morgan fingerprint density at radius 3 is 2.69 bits per heavy atom. The maximum Gasteiger partial charge on any atom is 0.222 e. The molecule has 0 bridgehead atoms. The van der Waals surface area contributed by atoms with Crippen molar-refractivity contribution in [2.75, 3.05) is 11.6 Å². The zero-order valence-corrected chi connectivity index (χ0v) is 10.5. The van der Waals surface area contributed by atoms with E-state index in [2.05, 4.69) is 22.2 Å². The highest BCUT2D eigenvalue weighted by Crippen LogP contribution is 2.57. The van der Waals surface area contributed by atoms with Crippen molar-refractivity contribution in [2.45, 2.75) is 30.7 Å². The summed E-state index contributed by atoms with van der Waals surface area (Å²) in [5.74, 6) is 3.56. The molecule has 1 aromatic rings. The van der Waals surface area contributed by atoms with Crippen molar-refractivity contribution in [1.29, 1.82) is 0 Å². The van der Waals surface area contributed by atoms with Crippen LogP contribution in [0.3, 0.4) is 0 Å². The van der Waals surface area contributed by atoms with E-state index in [4.69, 9.17) is 0 Å². The van der Waals surface area contributed by atoms with Crippen LogP contribution < -0.4 is 5.32 Å². The summed E-state index contributed by atoms with van der Waals surface area (Å²) in [6.07, 6.45) is 8.49. The quantitative estimate of drug-likeness (QED) is 0.820. The maximum atomic E-state index is 4.35. The Balaban J connectivity index is 0.00000108. The Labute approximate surface area is 102 Å². The first-order chi connectivity index (χ1) is 7.79. The summed E-state index contributed by atoms with van der Waals surface area (Å²) in [7, 11) is 0. The van der Waals surface area contributed by atoms with E-state index in [1.807, 2.05) is 18.6 Å². The van der Waals surface area contributed by atoms with Crippen molar-refractivity contribution in [3.8, 4) is 0 Å². The van der Waals surface area contributed by atoms with Crippen LogP contribution in [-0.4, -0.2) is 22.3 Å². The van der Waals surface area contributed by atoms with Gasteiger partial charge in [-0.2, -0.15) is 0 Å². The molecule has 1 N–H and O–H groups in total. The van der Waals surface area contributed by atoms with Crippen LogP contribution >= 0.6 is 11.8 Å². The van der Waals surface area contributed by atoms with Gasteiger partial charge in [-0.05, 0) is 36.9 Å². The van der Waals surface area contributed by atoms with E-state index in [1.54, 1.807) is 11.8 Å². The Morgan fingerprint density at radius 2 is 2.12 bits per heavy atom. The van der Waals surface area contributed by atoms with Gasteiger partial charge in [-0.15, -0.1) is 11.8 Å². The van der Waals surface area contributed by atoms with E-state index in [1.165, 1.54) is 12.8 Å². The van der Waals surface area contributed by atoms with E-state index in [9.17, 15) is 0 Å². The van der Waals surface area contributed by atoms with Crippen LogP contribution in [0.2, 0.25) is 0 Å². The minimum atomic E-state index is 0. The molecule has 2 aliphatic carbocycles. The van der Waals surface area contributed by atoms with Crippen molar-refractivity contribution in [1.82, 2.24) is 9.97 Å². The van der Waals surface area contributed by atoms with Gasteiger partial charge in [0.05, 0.1) is 0 Å². The molecular formula is C12H19N3S. The summed E-state index contributed by atoms with van der Waals surface area (Å²) in [5, 5.41) is 3.48. The third-order valence-corrected chi connectivity index (χ3v) is 4.77. The van der Waals surface area contributed by atoms with Crippen molar-refractivity contribution >= 4 is 17.7 Å². The van der Waals surface area contributed by atoms with Gasteiger partial charge in [0.25, 0.3) is 0 Å². The van der Waals surface area contributed by atoms with Crippen LogP contribution in [-0.2, 0) is 0 Å². The van der Waals surface area contributed by atoms with Crippen molar-refractivity contribution in [3.63, 3.8) is 0 Å². The van der Waals surface area contributed by atoms with Crippen LogP contribution in [0.15, 0.2) is 17.3 Å². The van der Waals surface area contributed by atoms with Gasteiger partial charge in [-0.3, -0.25) is 0 Å². The number of aromatic nitrogens is 2. The van der Waals surface area contributed by atoms with Crippen LogP contribution in [0.5, 0.6) is 0 Å². The van der Waals surface area contributed by atoms with Gasteiger partial charge >= 0.3 is 0 Å². The molecule has 88 valence electrons. The average molecular weight is 237 g/mol. The molecule has 3 nitrogen and oxygen atoms in total. The summed E-state index contributed by atoms with van der Waals surface area (Å²) in [6, 6.07) is 0.611. The van der Waals surface area contributed by atoms with Crippen molar-refractivity contribution < 1.29 is 1.43 Å². The molecule has 0 saturated heterocycles. The van der Waals surface area contributed by atoms with Crippen LogP contribution in [0, 0.1) is 17.8 Å². The number of thioether (sulfide) groups is 1. The van der Waals surface area contributed by atoms with Crippen molar-refractivity contribution in [2.24, 2.45) is 17.8 Å². The lowest BCUT2D eigenvalue weighted by atomic mass is 10.1. The predicted octanol–water partition coefficient (Wildman–Crippen LogP) is 2.90. The van der Waals surface area contributed by atoms with Gasteiger partial charge in [-0.1, -0.05) is 6.92 Å². The molecule has 0 aliphatic heterocycles. The summed E-state index contributed by atoms with van der Waals surface area (Å²) in [6.45, 7) is 2.36. The summed E-state index contributed by atoms with van der Waals surface area (Å²) < 4.78 is 0. The second-order valence-electron chi connectivity index (χ2n) is 4.88. The third-order valence-electron chi connectivity index (χ3n) is 4.09. The van der Waals surface area contributed by atoms with E-state index < -0.39 is 0 Å². The number of fused-ring (bicyclic) bond motifs is 1. The minimum Gasteiger partial charge on any atom is -0.351 e. The molecule has 1 aromatic heterocycles. The second-order valence-corrected chi connectivity index (χ2v) is 5.75. The van der Waals surface area contributed by atoms with E-state index >= 15 is 0 Å². The molecule has 0 radical (unpaired) electrons. The first-order valence-electron chi connectivity index (χ1n) is 5.92. The van der Waals surface area contributed by atoms with E-state index in [0.717, 1.165) is 28.6 Å². The predicted molar refractivity (Wildman–Crippen MR) is 68.7 cm³/mol. The molecule has 2 fully saturated rings. The van der Waals surface area contributed by atoms with Gasteiger partial charge in [-0.25, -0.2) is 9.97 Å². The Kier molecular flexibility index (Phi) is 2.54. The Morgan fingerprint density at radius 1 is 1.38 bits per heavy atom. The van der Waals surface area contributed by atoms with Crippen LogP contribution in [0.1, 0.15) is 21.2 Å². The Hall–Kier alpha value is -0.770. The average Bonchev–Trinajstić information content (AvgIpc) is 2.76. The zero-order chi connectivity index (χ0) is 11.1. The standard InChI is InChI=1S/C12H17N3S.H2/c1-7-9-3-4-10(11(7)9)15-12-13-5-8(16-2)6-14-12;/h5-7,9-11H,3-4H2,1-2H3,(H,13,14,15);1H/t7?,9?,10-,11?;/m1./s1. The molecule has 0 aromatic carbocycles. The van der Waals surface area contributed by atoms with Crippen LogP contribution in [0.25, 0.3) is 0 Å². The first kappa shape index (κ1) is 10.4. The molecule has 16 heavy (non-hydrogen) atoms. The SMILES string of the molecule is CSc1cnc(N[C@@H]2CCC3C(C)C32)nc1.[HH]. The normalized spacial score (nSPS) is 35.9. The molecule has 1 heterocycles. The minimum absolute atomic E-state index is 0. The number of nitrogens with one attached hydrogen (secondary N) is 1. The highest BCUT2D eigenvalue weighted by molar-refractivity contribution is 7.98. The Bertz CT molecular complexity index is 384. The largest absolute Gasteiger partial charge is 0.351 e. The first-order valence-corrected chi connectivity index (χ1v) is 7.14. The van der Waals surface area contributed by atoms with Gasteiger partial charge < -0.3 is 5.32 Å². The lowest BCUT2D eigenvalue weighted by Crippen LogP contribution is -2.21. The fourth-order valence-electron chi connectivity index (χ4n) is 3.09. The number of hydrogen-bond acceptors (Lipinski definition) is 4. The van der Waals surface area contributed by atoms with Crippen LogP contribution in [0.4, 0.5) is 5.95 Å². The summed E-state index contributed by atoms with van der Waals surface area (Å²) in [5.41, 5.74) is 0. The van der Waals surface area contributed by atoms with E-state index in [0.29, 0.717) is 6.04 Å². The molecule has 0 spiro atoms. The van der Waals surface area contributed by atoms with Crippen molar-refractivity contribution in [3.05, 3.63) is 12.4 Å². The lowest BCUT2D eigenvalue weighted by molar-refractivity contribution is 0.575. The molecule has 2 saturated carbocycles. The number of anilines is 1.